The van der Waals surface area contributed by atoms with Gasteiger partial charge in [-0.2, -0.15) is 0 Å². The third-order valence-electron chi connectivity index (χ3n) is 3.15. The molecule has 1 rings (SSSR count). The first-order valence-electron chi connectivity index (χ1n) is 7.31. The van der Waals surface area contributed by atoms with Gasteiger partial charge in [-0.3, -0.25) is 9.69 Å². The Bertz CT molecular complexity index is 456. The second-order valence-electron chi connectivity index (χ2n) is 4.79. The van der Waals surface area contributed by atoms with Crippen LogP contribution in [0.15, 0.2) is 24.3 Å². The fraction of sp³-hybridized carbons (Fsp3) is 0.562. The molecule has 0 aromatic heterocycles. The fourth-order valence-corrected chi connectivity index (χ4v) is 2.06. The number of halogens is 1. The predicted molar refractivity (Wildman–Crippen MR) is 87.3 cm³/mol. The topological polar surface area (TPSA) is 48.0 Å². The lowest BCUT2D eigenvalue weighted by Crippen LogP contribution is -2.34. The van der Waals surface area contributed by atoms with E-state index >= 15 is 0 Å². The summed E-state index contributed by atoms with van der Waals surface area (Å²) in [6.07, 6.45) is 0.711. The molecule has 0 bridgehead atoms. The summed E-state index contributed by atoms with van der Waals surface area (Å²) in [6, 6.07) is 7.20. The highest BCUT2D eigenvalue weighted by molar-refractivity contribution is 6.33. The number of hydrogen-bond acceptors (Lipinski definition) is 4. The van der Waals surface area contributed by atoms with Gasteiger partial charge in [-0.15, -0.1) is 0 Å². The number of nitrogens with zero attached hydrogens (tertiary/aromatic N) is 1. The maximum atomic E-state index is 11.8. The maximum absolute atomic E-state index is 11.8. The number of hydrogen-bond donors (Lipinski definition) is 0. The second-order valence-corrected chi connectivity index (χ2v) is 5.20. The average Bonchev–Trinajstić information content (AvgIpc) is 2.51. The van der Waals surface area contributed by atoms with Gasteiger partial charge in [0.15, 0.2) is 0 Å². The molecular formula is C16H24ClNO4. The van der Waals surface area contributed by atoms with E-state index in [0.29, 0.717) is 30.5 Å². The first-order valence-corrected chi connectivity index (χ1v) is 7.68. The number of ether oxygens (including phenoxy) is 3. The van der Waals surface area contributed by atoms with Crippen LogP contribution in [0.5, 0.6) is 0 Å². The van der Waals surface area contributed by atoms with Gasteiger partial charge in [-0.1, -0.05) is 30.7 Å². The van der Waals surface area contributed by atoms with Crippen LogP contribution >= 0.6 is 11.6 Å². The van der Waals surface area contributed by atoms with E-state index in [9.17, 15) is 4.79 Å². The molecule has 0 N–H and O–H groups in total. The largest absolute Gasteiger partial charge is 0.382 e. The Labute approximate surface area is 137 Å². The van der Waals surface area contributed by atoms with E-state index in [-0.39, 0.29) is 18.7 Å². The summed E-state index contributed by atoms with van der Waals surface area (Å²) in [5.41, 5.74) is 0.645. The molecule has 1 atom stereocenters. The zero-order valence-corrected chi connectivity index (χ0v) is 14.1. The minimum Gasteiger partial charge on any atom is -0.382 e. The van der Waals surface area contributed by atoms with Crippen molar-refractivity contribution in [1.29, 1.82) is 0 Å². The van der Waals surface area contributed by atoms with Gasteiger partial charge < -0.3 is 14.2 Å². The molecule has 0 spiro atoms. The van der Waals surface area contributed by atoms with E-state index < -0.39 is 0 Å². The second kappa shape index (κ2) is 10.6. The summed E-state index contributed by atoms with van der Waals surface area (Å²) < 4.78 is 16.2. The molecule has 1 unspecified atom stereocenters. The van der Waals surface area contributed by atoms with Crippen molar-refractivity contribution in [2.45, 2.75) is 26.4 Å². The molecule has 0 aliphatic rings. The van der Waals surface area contributed by atoms with E-state index in [1.54, 1.807) is 19.2 Å². The summed E-state index contributed by atoms with van der Waals surface area (Å²) in [4.78, 5) is 13.4. The summed E-state index contributed by atoms with van der Waals surface area (Å²) in [5.74, 6) is -0.122. The first-order chi connectivity index (χ1) is 10.6. The Morgan fingerprint density at radius 3 is 2.64 bits per heavy atom. The van der Waals surface area contributed by atoms with Crippen LogP contribution in [0.4, 0.5) is 5.69 Å². The van der Waals surface area contributed by atoms with Crippen molar-refractivity contribution in [2.24, 2.45) is 0 Å². The average molecular weight is 330 g/mol. The Balaban J connectivity index is 2.56. The smallest absolute Gasteiger partial charge is 0.225 e. The molecule has 0 heterocycles. The number of benzene rings is 1. The van der Waals surface area contributed by atoms with Crippen LogP contribution in [0, 0.1) is 0 Å². The predicted octanol–water partition coefficient (Wildman–Crippen LogP) is 3.11. The molecule has 6 heteroatoms. The van der Waals surface area contributed by atoms with Crippen LogP contribution in [-0.2, 0) is 19.0 Å². The van der Waals surface area contributed by atoms with Gasteiger partial charge >= 0.3 is 0 Å². The Morgan fingerprint density at radius 1 is 1.32 bits per heavy atom. The maximum Gasteiger partial charge on any atom is 0.225 e. The number of amides is 1. The molecule has 0 aliphatic heterocycles. The SMILES string of the molecule is CCC(COCCOC)OCN(C(C)=O)c1ccccc1Cl. The standard InChI is InChI=1S/C16H24ClNO4/c1-4-14(11-21-10-9-20-3)22-12-18(13(2)19)16-8-6-5-7-15(16)17/h5-8,14H,4,9-12H2,1-3H3. The lowest BCUT2D eigenvalue weighted by Gasteiger charge is -2.25. The summed E-state index contributed by atoms with van der Waals surface area (Å²) in [7, 11) is 1.63. The molecular weight excluding hydrogens is 306 g/mol. The lowest BCUT2D eigenvalue weighted by atomic mass is 10.3. The third kappa shape index (κ3) is 6.32. The summed E-state index contributed by atoms with van der Waals surface area (Å²) >= 11 is 6.14. The van der Waals surface area contributed by atoms with Crippen LogP contribution in [0.25, 0.3) is 0 Å². The molecule has 0 radical (unpaired) electrons. The molecule has 0 fully saturated rings. The normalized spacial score (nSPS) is 12.2. The first kappa shape index (κ1) is 18.9. The Kier molecular flexibility index (Phi) is 9.08. The molecule has 124 valence electrons. The van der Waals surface area contributed by atoms with Gasteiger partial charge in [-0.25, -0.2) is 0 Å². The highest BCUT2D eigenvalue weighted by atomic mass is 35.5. The van der Waals surface area contributed by atoms with Crippen molar-refractivity contribution >= 4 is 23.2 Å². The molecule has 1 aromatic rings. The van der Waals surface area contributed by atoms with E-state index in [1.165, 1.54) is 11.8 Å². The Hall–Kier alpha value is -1.14. The van der Waals surface area contributed by atoms with Gasteiger partial charge in [0.2, 0.25) is 5.91 Å². The van der Waals surface area contributed by atoms with Gasteiger partial charge in [0.25, 0.3) is 0 Å². The van der Waals surface area contributed by atoms with Crippen LogP contribution in [-0.4, -0.2) is 45.7 Å². The highest BCUT2D eigenvalue weighted by Crippen LogP contribution is 2.25. The zero-order valence-electron chi connectivity index (χ0n) is 13.4. The van der Waals surface area contributed by atoms with Crippen molar-refractivity contribution < 1.29 is 19.0 Å². The highest BCUT2D eigenvalue weighted by Gasteiger charge is 2.16. The van der Waals surface area contributed by atoms with Gasteiger partial charge in [0.05, 0.1) is 36.6 Å². The van der Waals surface area contributed by atoms with Gasteiger partial charge in [-0.05, 0) is 18.6 Å². The van der Waals surface area contributed by atoms with Crippen molar-refractivity contribution in [3.05, 3.63) is 29.3 Å². The number of carbonyl (C=O) groups is 1. The molecule has 0 aliphatic carbocycles. The van der Waals surface area contributed by atoms with Crippen molar-refractivity contribution in [2.75, 3.05) is 38.6 Å². The van der Waals surface area contributed by atoms with Gasteiger partial charge in [0.1, 0.15) is 6.73 Å². The Morgan fingerprint density at radius 2 is 2.05 bits per heavy atom. The van der Waals surface area contributed by atoms with E-state index in [2.05, 4.69) is 0 Å². The lowest BCUT2D eigenvalue weighted by molar-refractivity contribution is -0.118. The summed E-state index contributed by atoms with van der Waals surface area (Å²) in [6.45, 7) is 5.19. The minimum absolute atomic E-state index is 0.0822. The molecule has 0 saturated carbocycles. The minimum atomic E-state index is -0.122. The molecule has 0 saturated heterocycles. The van der Waals surface area contributed by atoms with Crippen molar-refractivity contribution in [3.63, 3.8) is 0 Å². The van der Waals surface area contributed by atoms with Crippen LogP contribution < -0.4 is 4.90 Å². The third-order valence-corrected chi connectivity index (χ3v) is 3.47. The van der Waals surface area contributed by atoms with E-state index in [1.807, 2.05) is 19.1 Å². The fourth-order valence-electron chi connectivity index (χ4n) is 1.82. The van der Waals surface area contributed by atoms with Crippen LogP contribution in [0.3, 0.4) is 0 Å². The summed E-state index contributed by atoms with van der Waals surface area (Å²) in [5, 5.41) is 0.519. The number of para-hydroxylation sites is 1. The van der Waals surface area contributed by atoms with Crippen LogP contribution in [0.2, 0.25) is 5.02 Å². The monoisotopic (exact) mass is 329 g/mol. The van der Waals surface area contributed by atoms with Crippen molar-refractivity contribution in [1.82, 2.24) is 0 Å². The molecule has 1 amide bonds. The van der Waals surface area contributed by atoms with Crippen LogP contribution in [0.1, 0.15) is 20.3 Å². The number of carbonyl (C=O) groups excluding carboxylic acids is 1. The quantitative estimate of drug-likeness (QED) is 0.489. The van der Waals surface area contributed by atoms with E-state index in [4.69, 9.17) is 25.8 Å². The molecule has 5 nitrogen and oxygen atoms in total. The number of methoxy groups -OCH3 is 1. The molecule has 1 aromatic carbocycles. The van der Waals surface area contributed by atoms with Crippen molar-refractivity contribution in [3.8, 4) is 0 Å². The molecule has 22 heavy (non-hydrogen) atoms. The zero-order chi connectivity index (χ0) is 16.4. The van der Waals surface area contributed by atoms with E-state index in [0.717, 1.165) is 6.42 Å². The number of rotatable bonds is 10. The van der Waals surface area contributed by atoms with Gasteiger partial charge in [0, 0.05) is 14.0 Å². The number of anilines is 1.